The summed E-state index contributed by atoms with van der Waals surface area (Å²) in [6, 6.07) is 10.1. The lowest BCUT2D eigenvalue weighted by Gasteiger charge is -2.22. The van der Waals surface area contributed by atoms with Gasteiger partial charge in [0, 0.05) is 12.2 Å². The number of nitrogens with one attached hydrogen (secondary N) is 1. The highest BCUT2D eigenvalue weighted by atomic mass is 16.5. The van der Waals surface area contributed by atoms with Crippen molar-refractivity contribution in [3.05, 3.63) is 35.9 Å². The molecule has 0 saturated carbocycles. The third kappa shape index (κ3) is 4.91. The van der Waals surface area contributed by atoms with Gasteiger partial charge in [-0.3, -0.25) is 0 Å². The van der Waals surface area contributed by atoms with Crippen molar-refractivity contribution in [1.82, 2.24) is 5.32 Å². The smallest absolute Gasteiger partial charge is 0.0587 e. The number of benzene rings is 1. The van der Waals surface area contributed by atoms with Gasteiger partial charge in [0.15, 0.2) is 0 Å². The zero-order chi connectivity index (χ0) is 12.5. The van der Waals surface area contributed by atoms with Crippen molar-refractivity contribution in [1.29, 1.82) is 0 Å². The van der Waals surface area contributed by atoms with Crippen LogP contribution in [0.25, 0.3) is 0 Å². The Bertz CT molecular complexity index is 385. The highest BCUT2D eigenvalue weighted by Crippen LogP contribution is 2.14. The predicted octanol–water partition coefficient (Wildman–Crippen LogP) is 2.59. The molecule has 1 saturated heterocycles. The van der Waals surface area contributed by atoms with Gasteiger partial charge in [-0.15, -0.1) is 0 Å². The van der Waals surface area contributed by atoms with E-state index in [1.807, 2.05) is 30.3 Å². The van der Waals surface area contributed by atoms with Crippen LogP contribution in [-0.4, -0.2) is 25.8 Å². The van der Waals surface area contributed by atoms with E-state index in [0.29, 0.717) is 6.10 Å². The summed E-state index contributed by atoms with van der Waals surface area (Å²) >= 11 is 0. The van der Waals surface area contributed by atoms with Crippen LogP contribution in [0.5, 0.6) is 0 Å². The molecule has 1 aromatic carbocycles. The largest absolute Gasteiger partial charge is 0.378 e. The molecule has 1 heterocycles. The zero-order valence-corrected chi connectivity index (χ0v) is 10.8. The first-order chi connectivity index (χ1) is 8.95. The normalized spacial score (nSPS) is 19.0. The molecule has 0 aromatic heterocycles. The quantitative estimate of drug-likeness (QED) is 0.648. The van der Waals surface area contributed by atoms with Crippen molar-refractivity contribution in [2.75, 3.05) is 19.7 Å². The highest BCUT2D eigenvalue weighted by molar-refractivity contribution is 5.33. The van der Waals surface area contributed by atoms with Crippen LogP contribution in [-0.2, 0) is 4.74 Å². The van der Waals surface area contributed by atoms with E-state index in [0.717, 1.165) is 31.7 Å². The minimum atomic E-state index is 0.466. The Morgan fingerprint density at radius 2 is 2.11 bits per heavy atom. The summed E-state index contributed by atoms with van der Waals surface area (Å²) in [7, 11) is 0. The summed E-state index contributed by atoms with van der Waals surface area (Å²) in [5.41, 5.74) is 1.08. The molecular weight excluding hydrogens is 222 g/mol. The van der Waals surface area contributed by atoms with Crippen LogP contribution >= 0.6 is 0 Å². The summed E-state index contributed by atoms with van der Waals surface area (Å²) in [6.07, 6.45) is 5.34. The molecule has 1 fully saturated rings. The Morgan fingerprint density at radius 1 is 1.22 bits per heavy atom. The first-order valence-electron chi connectivity index (χ1n) is 6.81. The zero-order valence-electron chi connectivity index (χ0n) is 10.8. The van der Waals surface area contributed by atoms with Gasteiger partial charge in [-0.1, -0.05) is 30.0 Å². The molecular formula is C16H21NO. The molecule has 0 spiro atoms. The van der Waals surface area contributed by atoms with E-state index in [1.54, 1.807) is 0 Å². The minimum Gasteiger partial charge on any atom is -0.378 e. The molecule has 0 radical (unpaired) electrons. The van der Waals surface area contributed by atoms with E-state index in [-0.39, 0.29) is 0 Å². The van der Waals surface area contributed by atoms with Crippen molar-refractivity contribution >= 4 is 0 Å². The third-order valence-corrected chi connectivity index (χ3v) is 3.14. The Morgan fingerprint density at radius 3 is 2.89 bits per heavy atom. The summed E-state index contributed by atoms with van der Waals surface area (Å²) < 4.78 is 5.68. The molecule has 2 rings (SSSR count). The predicted molar refractivity (Wildman–Crippen MR) is 74.4 cm³/mol. The monoisotopic (exact) mass is 243 g/mol. The Balaban J connectivity index is 1.57. The molecule has 1 atom stereocenters. The standard InChI is InChI=1S/C16H21NO/c1-2-7-15(8-3-1)9-6-12-17-13-11-16-10-4-5-14-18-16/h1-3,7-8,16-17H,4-5,10-14H2. The van der Waals surface area contributed by atoms with E-state index in [9.17, 15) is 0 Å². The van der Waals surface area contributed by atoms with Crippen LogP contribution < -0.4 is 5.32 Å². The second-order valence-electron chi connectivity index (χ2n) is 4.62. The van der Waals surface area contributed by atoms with Crippen LogP contribution in [0.4, 0.5) is 0 Å². The second-order valence-corrected chi connectivity index (χ2v) is 4.62. The molecule has 0 aliphatic carbocycles. The van der Waals surface area contributed by atoms with Gasteiger partial charge in [0.2, 0.25) is 0 Å². The summed E-state index contributed by atoms with van der Waals surface area (Å²) in [4.78, 5) is 0. The van der Waals surface area contributed by atoms with E-state index < -0.39 is 0 Å². The van der Waals surface area contributed by atoms with Crippen molar-refractivity contribution in [2.24, 2.45) is 0 Å². The van der Waals surface area contributed by atoms with Crippen molar-refractivity contribution < 1.29 is 4.74 Å². The van der Waals surface area contributed by atoms with Gasteiger partial charge in [0.1, 0.15) is 0 Å². The maximum absolute atomic E-state index is 5.68. The molecule has 1 N–H and O–H groups in total. The highest BCUT2D eigenvalue weighted by Gasteiger charge is 2.12. The van der Waals surface area contributed by atoms with Gasteiger partial charge in [-0.2, -0.15) is 0 Å². The summed E-state index contributed by atoms with van der Waals surface area (Å²) in [5.74, 6) is 6.28. The molecule has 1 aliphatic rings. The van der Waals surface area contributed by atoms with Crippen LogP contribution in [0.2, 0.25) is 0 Å². The summed E-state index contributed by atoms with van der Waals surface area (Å²) in [5, 5.41) is 3.35. The molecule has 0 amide bonds. The lowest BCUT2D eigenvalue weighted by molar-refractivity contribution is 0.0117. The molecule has 96 valence electrons. The SMILES string of the molecule is C(#Cc1ccccc1)CNCCC1CCCCO1. The number of hydrogen-bond acceptors (Lipinski definition) is 2. The lowest BCUT2D eigenvalue weighted by Crippen LogP contribution is -2.25. The molecule has 1 unspecified atom stereocenters. The molecule has 18 heavy (non-hydrogen) atoms. The van der Waals surface area contributed by atoms with Crippen molar-refractivity contribution in [3.8, 4) is 11.8 Å². The molecule has 2 heteroatoms. The van der Waals surface area contributed by atoms with Crippen LogP contribution in [0.1, 0.15) is 31.2 Å². The van der Waals surface area contributed by atoms with Crippen LogP contribution in [0, 0.1) is 11.8 Å². The van der Waals surface area contributed by atoms with Crippen LogP contribution in [0.3, 0.4) is 0 Å². The first-order valence-corrected chi connectivity index (χ1v) is 6.81. The van der Waals surface area contributed by atoms with Gasteiger partial charge in [-0.05, 0) is 44.4 Å². The third-order valence-electron chi connectivity index (χ3n) is 3.14. The molecule has 2 nitrogen and oxygen atoms in total. The topological polar surface area (TPSA) is 21.3 Å². The Hall–Kier alpha value is -1.30. The van der Waals surface area contributed by atoms with Gasteiger partial charge < -0.3 is 10.1 Å². The Kier molecular flexibility index (Phi) is 5.78. The van der Waals surface area contributed by atoms with Crippen LogP contribution in [0.15, 0.2) is 30.3 Å². The maximum Gasteiger partial charge on any atom is 0.0587 e. The fourth-order valence-corrected chi connectivity index (χ4v) is 2.12. The minimum absolute atomic E-state index is 0.466. The fraction of sp³-hybridized carbons (Fsp3) is 0.500. The average molecular weight is 243 g/mol. The van der Waals surface area contributed by atoms with Gasteiger partial charge in [-0.25, -0.2) is 0 Å². The van der Waals surface area contributed by atoms with E-state index in [2.05, 4.69) is 17.2 Å². The van der Waals surface area contributed by atoms with E-state index in [1.165, 1.54) is 19.3 Å². The molecule has 0 bridgehead atoms. The second kappa shape index (κ2) is 7.92. The molecule has 1 aliphatic heterocycles. The van der Waals surface area contributed by atoms with E-state index >= 15 is 0 Å². The number of ether oxygens (including phenoxy) is 1. The van der Waals surface area contributed by atoms with E-state index in [4.69, 9.17) is 4.74 Å². The lowest BCUT2D eigenvalue weighted by atomic mass is 10.1. The Labute approximate surface area is 110 Å². The number of rotatable bonds is 4. The maximum atomic E-state index is 5.68. The summed E-state index contributed by atoms with van der Waals surface area (Å²) in [6.45, 7) is 2.69. The molecule has 1 aromatic rings. The van der Waals surface area contributed by atoms with Gasteiger partial charge in [0.25, 0.3) is 0 Å². The number of hydrogen-bond donors (Lipinski definition) is 1. The van der Waals surface area contributed by atoms with Gasteiger partial charge in [0.05, 0.1) is 12.6 Å². The van der Waals surface area contributed by atoms with Crippen molar-refractivity contribution in [3.63, 3.8) is 0 Å². The first kappa shape index (κ1) is 13.1. The van der Waals surface area contributed by atoms with Crippen molar-refractivity contribution in [2.45, 2.75) is 31.8 Å². The average Bonchev–Trinajstić information content (AvgIpc) is 2.45. The van der Waals surface area contributed by atoms with Gasteiger partial charge >= 0.3 is 0 Å². The fourth-order valence-electron chi connectivity index (χ4n) is 2.12.